The summed E-state index contributed by atoms with van der Waals surface area (Å²) in [5, 5.41) is 3.17. The van der Waals surface area contributed by atoms with Crippen LogP contribution in [0.1, 0.15) is 19.8 Å². The van der Waals surface area contributed by atoms with Crippen LogP contribution in [0.3, 0.4) is 0 Å². The van der Waals surface area contributed by atoms with Gasteiger partial charge in [-0.1, -0.05) is 0 Å². The third kappa shape index (κ3) is 8.12. The fraction of sp³-hybridized carbons (Fsp3) is 0.889. The van der Waals surface area contributed by atoms with E-state index >= 15 is 0 Å². The molecule has 0 aliphatic carbocycles. The first-order valence-electron chi connectivity index (χ1n) is 4.52. The monoisotopic (exact) mass is 205 g/mol. The van der Waals surface area contributed by atoms with Crippen LogP contribution in [0.2, 0.25) is 0 Å². The van der Waals surface area contributed by atoms with Crippen molar-refractivity contribution in [3.63, 3.8) is 0 Å². The second kappa shape index (κ2) is 8.38. The van der Waals surface area contributed by atoms with Gasteiger partial charge in [0, 0.05) is 6.04 Å². The maximum Gasteiger partial charge on any atom is 0.315 e. The minimum atomic E-state index is -0.133. The van der Waals surface area contributed by atoms with E-state index in [1.165, 1.54) is 7.11 Å². The first kappa shape index (κ1) is 12.8. The van der Waals surface area contributed by atoms with Gasteiger partial charge in [0.15, 0.2) is 0 Å². The number of carbonyl (C=O) groups is 1. The minimum Gasteiger partial charge on any atom is -0.468 e. The molecule has 0 aromatic carbocycles. The van der Waals surface area contributed by atoms with Crippen LogP contribution in [-0.2, 0) is 9.53 Å². The molecule has 0 aliphatic heterocycles. The van der Waals surface area contributed by atoms with Crippen molar-refractivity contribution in [1.29, 1.82) is 0 Å². The topological polar surface area (TPSA) is 38.3 Å². The molecule has 0 saturated heterocycles. The van der Waals surface area contributed by atoms with E-state index in [0.717, 1.165) is 18.6 Å². The number of carbonyl (C=O) groups excluding carboxylic acids is 1. The van der Waals surface area contributed by atoms with Crippen LogP contribution in [0.5, 0.6) is 0 Å². The number of ether oxygens (including phenoxy) is 1. The largest absolute Gasteiger partial charge is 0.468 e. The molecule has 0 aliphatic rings. The molecule has 0 radical (unpaired) electrons. The predicted octanol–water partition coefficient (Wildman–Crippen LogP) is 1.28. The Morgan fingerprint density at radius 1 is 1.62 bits per heavy atom. The zero-order chi connectivity index (χ0) is 10.1. The summed E-state index contributed by atoms with van der Waals surface area (Å²) in [6.07, 6.45) is 2.30. The molecule has 0 saturated carbocycles. The molecule has 0 amide bonds. The lowest BCUT2D eigenvalue weighted by molar-refractivity contribution is -0.137. The Balaban J connectivity index is 3.12. The lowest BCUT2D eigenvalue weighted by atomic mass is 10.2. The fourth-order valence-corrected chi connectivity index (χ4v) is 1.65. The van der Waals surface area contributed by atoms with Gasteiger partial charge in [-0.05, 0) is 32.6 Å². The number of thioether (sulfide) groups is 1. The van der Waals surface area contributed by atoms with Gasteiger partial charge in [-0.15, -0.1) is 0 Å². The van der Waals surface area contributed by atoms with E-state index in [1.807, 2.05) is 7.05 Å². The maximum atomic E-state index is 10.7. The third-order valence-corrected chi connectivity index (χ3v) is 2.88. The fourth-order valence-electron chi connectivity index (χ4n) is 0.850. The van der Waals surface area contributed by atoms with Crippen molar-refractivity contribution in [1.82, 2.24) is 5.32 Å². The molecular weight excluding hydrogens is 186 g/mol. The number of nitrogens with one attached hydrogen (secondary N) is 1. The van der Waals surface area contributed by atoms with Crippen molar-refractivity contribution in [2.75, 3.05) is 25.7 Å². The van der Waals surface area contributed by atoms with Gasteiger partial charge in [0.2, 0.25) is 0 Å². The number of methoxy groups -OCH3 is 1. The van der Waals surface area contributed by atoms with Crippen molar-refractivity contribution in [3.8, 4) is 0 Å². The number of hydrogen-bond donors (Lipinski definition) is 1. The summed E-state index contributed by atoms with van der Waals surface area (Å²) in [5.41, 5.74) is 0. The summed E-state index contributed by atoms with van der Waals surface area (Å²) >= 11 is 1.64. The molecular formula is C9H19NO2S. The van der Waals surface area contributed by atoms with E-state index in [-0.39, 0.29) is 5.97 Å². The summed E-state index contributed by atoms with van der Waals surface area (Å²) in [6.45, 7) is 2.16. The predicted molar refractivity (Wildman–Crippen MR) is 57.1 cm³/mol. The molecule has 0 fully saturated rings. The molecule has 4 heteroatoms. The van der Waals surface area contributed by atoms with E-state index in [4.69, 9.17) is 0 Å². The van der Waals surface area contributed by atoms with Gasteiger partial charge in [-0.2, -0.15) is 11.8 Å². The average molecular weight is 205 g/mol. The Morgan fingerprint density at radius 2 is 2.31 bits per heavy atom. The average Bonchev–Trinajstić information content (AvgIpc) is 2.16. The molecule has 1 N–H and O–H groups in total. The zero-order valence-corrected chi connectivity index (χ0v) is 9.45. The summed E-state index contributed by atoms with van der Waals surface area (Å²) in [5.74, 6) is 1.37. The highest BCUT2D eigenvalue weighted by molar-refractivity contribution is 7.99. The van der Waals surface area contributed by atoms with Gasteiger partial charge in [-0.3, -0.25) is 4.79 Å². The van der Waals surface area contributed by atoms with Gasteiger partial charge in [0.25, 0.3) is 0 Å². The standard InChI is InChI=1S/C9H19NO2S/c1-8(10-2)5-4-6-13-7-9(11)12-3/h8,10H,4-7H2,1-3H3. The van der Waals surface area contributed by atoms with Crippen LogP contribution >= 0.6 is 11.8 Å². The highest BCUT2D eigenvalue weighted by Gasteiger charge is 2.01. The second-order valence-corrected chi connectivity index (χ2v) is 4.07. The van der Waals surface area contributed by atoms with Crippen LogP contribution in [0.25, 0.3) is 0 Å². The molecule has 0 aromatic heterocycles. The Kier molecular flexibility index (Phi) is 8.24. The highest BCUT2D eigenvalue weighted by Crippen LogP contribution is 2.06. The van der Waals surface area contributed by atoms with E-state index in [0.29, 0.717) is 11.8 Å². The molecule has 1 unspecified atom stereocenters. The van der Waals surface area contributed by atoms with Crippen molar-refractivity contribution in [2.45, 2.75) is 25.8 Å². The molecule has 13 heavy (non-hydrogen) atoms. The molecule has 0 rings (SSSR count). The number of esters is 1. The second-order valence-electron chi connectivity index (χ2n) is 2.96. The zero-order valence-electron chi connectivity index (χ0n) is 8.63. The van der Waals surface area contributed by atoms with Crippen LogP contribution in [-0.4, -0.2) is 37.7 Å². The third-order valence-electron chi connectivity index (χ3n) is 1.87. The molecule has 0 bridgehead atoms. The molecule has 3 nitrogen and oxygen atoms in total. The van der Waals surface area contributed by atoms with E-state index in [1.54, 1.807) is 11.8 Å². The number of hydrogen-bond acceptors (Lipinski definition) is 4. The SMILES string of the molecule is CNC(C)CCCSCC(=O)OC. The van der Waals surface area contributed by atoms with Crippen molar-refractivity contribution >= 4 is 17.7 Å². The van der Waals surface area contributed by atoms with Crippen LogP contribution in [0, 0.1) is 0 Å². The highest BCUT2D eigenvalue weighted by atomic mass is 32.2. The lowest BCUT2D eigenvalue weighted by Crippen LogP contribution is -2.20. The first-order chi connectivity index (χ1) is 6.20. The van der Waals surface area contributed by atoms with E-state index in [2.05, 4.69) is 17.0 Å². The summed E-state index contributed by atoms with van der Waals surface area (Å²) in [7, 11) is 3.39. The normalized spacial score (nSPS) is 12.5. The maximum absolute atomic E-state index is 10.7. The van der Waals surface area contributed by atoms with E-state index < -0.39 is 0 Å². The van der Waals surface area contributed by atoms with Crippen LogP contribution in [0.4, 0.5) is 0 Å². The van der Waals surface area contributed by atoms with Gasteiger partial charge < -0.3 is 10.1 Å². The van der Waals surface area contributed by atoms with Gasteiger partial charge in [0.05, 0.1) is 12.9 Å². The molecule has 0 aromatic rings. The van der Waals surface area contributed by atoms with Crippen LogP contribution in [0.15, 0.2) is 0 Å². The van der Waals surface area contributed by atoms with Crippen molar-refractivity contribution in [3.05, 3.63) is 0 Å². The van der Waals surface area contributed by atoms with Gasteiger partial charge >= 0.3 is 5.97 Å². The van der Waals surface area contributed by atoms with E-state index in [9.17, 15) is 4.79 Å². The summed E-state index contributed by atoms with van der Waals surface area (Å²) < 4.78 is 4.53. The molecule has 0 heterocycles. The summed E-state index contributed by atoms with van der Waals surface area (Å²) in [6, 6.07) is 0.568. The Labute approximate surface area is 84.6 Å². The number of rotatable bonds is 7. The minimum absolute atomic E-state index is 0.133. The molecule has 78 valence electrons. The summed E-state index contributed by atoms with van der Waals surface area (Å²) in [4.78, 5) is 10.7. The van der Waals surface area contributed by atoms with Crippen LogP contribution < -0.4 is 5.32 Å². The van der Waals surface area contributed by atoms with Gasteiger partial charge in [-0.25, -0.2) is 0 Å². The Bertz CT molecular complexity index is 142. The van der Waals surface area contributed by atoms with Gasteiger partial charge in [0.1, 0.15) is 0 Å². The molecule has 0 spiro atoms. The Morgan fingerprint density at radius 3 is 2.85 bits per heavy atom. The first-order valence-corrected chi connectivity index (χ1v) is 5.68. The lowest BCUT2D eigenvalue weighted by Gasteiger charge is -2.08. The molecule has 1 atom stereocenters. The smallest absolute Gasteiger partial charge is 0.315 e. The quantitative estimate of drug-likeness (QED) is 0.502. The van der Waals surface area contributed by atoms with Crippen molar-refractivity contribution in [2.24, 2.45) is 0 Å². The van der Waals surface area contributed by atoms with Crippen molar-refractivity contribution < 1.29 is 9.53 Å². The Hall–Kier alpha value is -0.220.